The van der Waals surface area contributed by atoms with Gasteiger partial charge in [-0.1, -0.05) is 30.3 Å². The van der Waals surface area contributed by atoms with Crippen LogP contribution in [0.5, 0.6) is 11.8 Å². The van der Waals surface area contributed by atoms with Crippen LogP contribution in [-0.4, -0.2) is 93.8 Å². The summed E-state index contributed by atoms with van der Waals surface area (Å²) in [6.07, 6.45) is 8.31. The Kier molecular flexibility index (Phi) is 10.4. The number of ether oxygens (including phenoxy) is 2. The van der Waals surface area contributed by atoms with Crippen LogP contribution >= 0.6 is 0 Å². The van der Waals surface area contributed by atoms with Crippen molar-refractivity contribution in [2.24, 2.45) is 5.92 Å². The number of anilines is 2. The number of halogens is 1. The van der Waals surface area contributed by atoms with Gasteiger partial charge in [0, 0.05) is 56.1 Å². The van der Waals surface area contributed by atoms with Crippen molar-refractivity contribution in [2.75, 3.05) is 38.6 Å². The predicted octanol–water partition coefficient (Wildman–Crippen LogP) is 5.04. The molecule has 302 valence electrons. The number of likely N-dealkylation sites (tertiary alicyclic amines) is 2. The number of hydrogen-bond acceptors (Lipinski definition) is 13. The van der Waals surface area contributed by atoms with E-state index in [1.807, 2.05) is 36.4 Å². The van der Waals surface area contributed by atoms with E-state index in [4.69, 9.17) is 14.5 Å². The number of β-amino-alcohol motifs (C(OH)–C–C–N with tert-alkyl or cyclic N) is 1. The van der Waals surface area contributed by atoms with E-state index in [9.17, 15) is 18.3 Å². The fraction of sp³-hybridized carbons (Fsp3) is 0.405. The minimum absolute atomic E-state index is 0.266. The van der Waals surface area contributed by atoms with E-state index in [1.165, 1.54) is 0 Å². The Morgan fingerprint density at radius 1 is 0.948 bits per heavy atom. The highest BCUT2D eigenvalue weighted by Crippen LogP contribution is 2.42. The van der Waals surface area contributed by atoms with Crippen LogP contribution < -0.4 is 19.5 Å². The van der Waals surface area contributed by atoms with Crippen LogP contribution in [0.25, 0.3) is 22.0 Å². The van der Waals surface area contributed by atoms with Gasteiger partial charge in [-0.25, -0.2) is 22.8 Å². The summed E-state index contributed by atoms with van der Waals surface area (Å²) < 4.78 is 55.2. The summed E-state index contributed by atoms with van der Waals surface area (Å²) in [7, 11) is -2.02. The van der Waals surface area contributed by atoms with Gasteiger partial charge in [-0.3, -0.25) is 24.3 Å². The lowest BCUT2D eigenvalue weighted by molar-refractivity contribution is -0.122. The second kappa shape index (κ2) is 15.8. The standard InChI is InChI=1S/C42H45FN8O6S/c1-56-42-35(24-51-17-14-28(52)23-51)45-20-37(48-42)57-36-11-10-31-30(4-2-5-32(31)36)33-6-3-7-34(38(33)43)47-40-39-26(12-15-44-40)18-25(19-46-39)21-50-16-13-27(22-50)41(53)49-58(54,55)29-8-9-29/h2-7,12,15,18-20,27-29,36,52H,8-11,13-14,16-17,21-24H2,1H3,(H,44,47)(H,49,53)/t27?,28-,36-/m1/s1. The number of aliphatic hydroxyl groups excluding tert-OH is 1. The summed E-state index contributed by atoms with van der Waals surface area (Å²) in [6, 6.07) is 15.0. The number of methoxy groups -OCH3 is 1. The Balaban J connectivity index is 0.880. The lowest BCUT2D eigenvalue weighted by Crippen LogP contribution is -2.38. The second-order valence-corrected chi connectivity index (χ2v) is 17.6. The number of fused-ring (bicyclic) bond motifs is 2. The first kappa shape index (κ1) is 38.2. The van der Waals surface area contributed by atoms with Gasteiger partial charge in [0.05, 0.1) is 36.3 Å². The van der Waals surface area contributed by atoms with Crippen LogP contribution in [0, 0.1) is 11.7 Å². The zero-order chi connectivity index (χ0) is 40.0. The van der Waals surface area contributed by atoms with Crippen LogP contribution in [-0.2, 0) is 34.3 Å². The zero-order valence-corrected chi connectivity index (χ0v) is 32.9. The number of nitrogens with one attached hydrogen (secondary N) is 2. The zero-order valence-electron chi connectivity index (χ0n) is 32.1. The van der Waals surface area contributed by atoms with E-state index in [0.29, 0.717) is 99.2 Å². The first-order chi connectivity index (χ1) is 28.1. The smallest absolute Gasteiger partial charge is 0.240 e. The average Bonchev–Trinajstić information content (AvgIpc) is 3.67. The molecular formula is C42H45FN8O6S. The van der Waals surface area contributed by atoms with Crippen LogP contribution in [0.1, 0.15) is 60.6 Å². The number of amides is 1. The summed E-state index contributed by atoms with van der Waals surface area (Å²) in [5.41, 5.74) is 5.70. The first-order valence-corrected chi connectivity index (χ1v) is 21.3. The SMILES string of the molecule is COc1nc(O[C@@H]2CCc3c(-c4cccc(Nc5nccc6cc(CN7CCC(C(=O)NS(=O)(=O)C8CC8)C7)cnc56)c4F)cccc32)cnc1CN1CC[C@@H](O)C1. The van der Waals surface area contributed by atoms with E-state index < -0.39 is 27.0 Å². The molecule has 3 aromatic heterocycles. The average molecular weight is 809 g/mol. The van der Waals surface area contributed by atoms with Gasteiger partial charge in [0.15, 0.2) is 11.6 Å². The number of aliphatic hydroxyl groups is 1. The fourth-order valence-electron chi connectivity index (χ4n) is 8.40. The van der Waals surface area contributed by atoms with Crippen molar-refractivity contribution in [2.45, 2.75) is 69.1 Å². The lowest BCUT2D eigenvalue weighted by Gasteiger charge is -2.18. The summed E-state index contributed by atoms with van der Waals surface area (Å²) in [4.78, 5) is 35.4. The minimum atomic E-state index is -3.57. The number of sulfonamides is 1. The molecule has 3 fully saturated rings. The highest BCUT2D eigenvalue weighted by Gasteiger charge is 2.39. The molecule has 0 bridgehead atoms. The van der Waals surface area contributed by atoms with E-state index in [2.05, 4.69) is 34.8 Å². The molecule has 9 rings (SSSR count). The molecule has 2 aliphatic heterocycles. The maximum Gasteiger partial charge on any atom is 0.240 e. The molecule has 3 atom stereocenters. The van der Waals surface area contributed by atoms with Crippen molar-refractivity contribution in [3.8, 4) is 22.9 Å². The lowest BCUT2D eigenvalue weighted by atomic mass is 9.96. The van der Waals surface area contributed by atoms with Crippen LogP contribution in [0.4, 0.5) is 15.9 Å². The molecular weight excluding hydrogens is 764 g/mol. The van der Waals surface area contributed by atoms with Crippen molar-refractivity contribution in [1.29, 1.82) is 0 Å². The Hall–Kier alpha value is -5.29. The Labute approximate surface area is 335 Å². The van der Waals surface area contributed by atoms with Crippen molar-refractivity contribution in [3.05, 3.63) is 95.3 Å². The topological polar surface area (TPSA) is 172 Å². The van der Waals surface area contributed by atoms with Gasteiger partial charge in [-0.05, 0) is 85.5 Å². The molecule has 0 spiro atoms. The monoisotopic (exact) mass is 808 g/mol. The highest BCUT2D eigenvalue weighted by molar-refractivity contribution is 7.90. The molecule has 1 unspecified atom stereocenters. The summed E-state index contributed by atoms with van der Waals surface area (Å²) in [5, 5.41) is 13.5. The molecule has 58 heavy (non-hydrogen) atoms. The second-order valence-electron chi connectivity index (χ2n) is 15.7. The van der Waals surface area contributed by atoms with Crippen molar-refractivity contribution in [1.82, 2.24) is 34.5 Å². The van der Waals surface area contributed by atoms with Crippen molar-refractivity contribution >= 4 is 38.3 Å². The van der Waals surface area contributed by atoms with E-state index in [-0.39, 0.29) is 23.8 Å². The van der Waals surface area contributed by atoms with Gasteiger partial charge in [0.25, 0.3) is 0 Å². The molecule has 2 saturated heterocycles. The van der Waals surface area contributed by atoms with Gasteiger partial charge in [-0.15, -0.1) is 0 Å². The third-order valence-electron chi connectivity index (χ3n) is 11.5. The maximum absolute atomic E-state index is 16.5. The van der Waals surface area contributed by atoms with Gasteiger partial charge in [0.1, 0.15) is 17.3 Å². The van der Waals surface area contributed by atoms with Crippen molar-refractivity contribution < 1.29 is 32.2 Å². The van der Waals surface area contributed by atoms with Crippen LogP contribution in [0.2, 0.25) is 0 Å². The number of hydrogen-bond donors (Lipinski definition) is 3. The minimum Gasteiger partial charge on any atom is -0.480 e. The molecule has 1 amide bonds. The van der Waals surface area contributed by atoms with Gasteiger partial charge < -0.3 is 19.9 Å². The number of rotatable bonds is 13. The Bertz CT molecular complexity index is 2490. The van der Waals surface area contributed by atoms with Crippen LogP contribution in [0.15, 0.2) is 67.1 Å². The summed E-state index contributed by atoms with van der Waals surface area (Å²) in [5.74, 6) is -0.0719. The van der Waals surface area contributed by atoms with Gasteiger partial charge >= 0.3 is 0 Å². The van der Waals surface area contributed by atoms with E-state index in [1.54, 1.807) is 37.8 Å². The number of benzene rings is 2. The maximum atomic E-state index is 16.5. The quantitative estimate of drug-likeness (QED) is 0.145. The summed E-state index contributed by atoms with van der Waals surface area (Å²) in [6.45, 7) is 3.59. The van der Waals surface area contributed by atoms with E-state index >= 15 is 4.39 Å². The number of carbonyl (C=O) groups is 1. The Morgan fingerprint density at radius 2 is 1.76 bits per heavy atom. The molecule has 0 radical (unpaired) electrons. The first-order valence-electron chi connectivity index (χ1n) is 19.8. The van der Waals surface area contributed by atoms with Crippen LogP contribution in [0.3, 0.4) is 0 Å². The summed E-state index contributed by atoms with van der Waals surface area (Å²) >= 11 is 0. The molecule has 2 aliphatic carbocycles. The van der Waals surface area contributed by atoms with Crippen molar-refractivity contribution in [3.63, 3.8) is 0 Å². The molecule has 16 heteroatoms. The third-order valence-corrected chi connectivity index (χ3v) is 13.4. The molecule has 2 aromatic carbocycles. The largest absolute Gasteiger partial charge is 0.480 e. The highest BCUT2D eigenvalue weighted by atomic mass is 32.2. The van der Waals surface area contributed by atoms with Gasteiger partial charge in [-0.2, -0.15) is 4.98 Å². The molecule has 5 aromatic rings. The van der Waals surface area contributed by atoms with E-state index in [0.717, 1.165) is 40.6 Å². The fourth-order valence-corrected chi connectivity index (χ4v) is 9.77. The molecule has 1 saturated carbocycles. The number of carbonyl (C=O) groups excluding carboxylic acids is 1. The molecule has 14 nitrogen and oxygen atoms in total. The Morgan fingerprint density at radius 3 is 2.57 bits per heavy atom. The molecule has 5 heterocycles. The molecule has 3 N–H and O–H groups in total. The number of aromatic nitrogens is 4. The predicted molar refractivity (Wildman–Crippen MR) is 214 cm³/mol. The van der Waals surface area contributed by atoms with Gasteiger partial charge in [0.2, 0.25) is 27.7 Å². The normalized spacial score (nSPS) is 21.0. The third kappa shape index (κ3) is 7.93. The molecule has 4 aliphatic rings. The number of nitrogens with zero attached hydrogens (tertiary/aromatic N) is 6. The number of pyridine rings is 2.